The van der Waals surface area contributed by atoms with Gasteiger partial charge < -0.3 is 4.74 Å². The first kappa shape index (κ1) is 19.4. The number of halogens is 4. The molecule has 3 rings (SSSR count). The lowest BCUT2D eigenvalue weighted by molar-refractivity contribution is -0.147. The maximum Gasteiger partial charge on any atom is 0.416 e. The zero-order valence-corrected chi connectivity index (χ0v) is 15.2. The normalized spacial score (nSPS) is 24.6. The van der Waals surface area contributed by atoms with Crippen molar-refractivity contribution in [2.24, 2.45) is 5.92 Å². The average molecular weight is 380 g/mol. The van der Waals surface area contributed by atoms with E-state index < -0.39 is 34.9 Å². The topological polar surface area (TPSA) is 26.3 Å². The van der Waals surface area contributed by atoms with Crippen molar-refractivity contribution in [2.45, 2.75) is 38.3 Å². The van der Waals surface area contributed by atoms with Crippen molar-refractivity contribution in [1.82, 2.24) is 0 Å². The van der Waals surface area contributed by atoms with Gasteiger partial charge in [0.15, 0.2) is 0 Å². The second-order valence-corrected chi connectivity index (χ2v) is 6.96. The van der Waals surface area contributed by atoms with E-state index in [4.69, 9.17) is 4.74 Å². The van der Waals surface area contributed by atoms with Crippen LogP contribution in [0.2, 0.25) is 0 Å². The molecule has 0 aliphatic heterocycles. The molecule has 3 unspecified atom stereocenters. The lowest BCUT2D eigenvalue weighted by Crippen LogP contribution is -2.28. The predicted molar refractivity (Wildman–Crippen MR) is 92.8 cm³/mol. The number of carbonyl (C=O) groups is 1. The van der Waals surface area contributed by atoms with Crippen LogP contribution in [0.5, 0.6) is 0 Å². The predicted octanol–water partition coefficient (Wildman–Crippen LogP) is 5.39. The Kier molecular flexibility index (Phi) is 4.78. The van der Waals surface area contributed by atoms with Crippen LogP contribution in [0.3, 0.4) is 0 Å². The maximum atomic E-state index is 14.7. The molecule has 2 aromatic carbocycles. The lowest BCUT2D eigenvalue weighted by Gasteiger charge is -2.19. The second-order valence-electron chi connectivity index (χ2n) is 6.96. The van der Waals surface area contributed by atoms with Gasteiger partial charge in [-0.05, 0) is 49.1 Å². The number of ether oxygens (including phenoxy) is 1. The Morgan fingerprint density at radius 2 is 1.78 bits per heavy atom. The van der Waals surface area contributed by atoms with Gasteiger partial charge >= 0.3 is 12.1 Å². The molecule has 27 heavy (non-hydrogen) atoms. The minimum atomic E-state index is -4.44. The van der Waals surface area contributed by atoms with Crippen molar-refractivity contribution in [3.05, 3.63) is 70.5 Å². The van der Waals surface area contributed by atoms with E-state index in [1.165, 1.54) is 18.2 Å². The average Bonchev–Trinajstić information content (AvgIpc) is 3.20. The summed E-state index contributed by atoms with van der Waals surface area (Å²) in [6, 6.07) is 9.33. The number of benzene rings is 2. The molecule has 2 aromatic rings. The van der Waals surface area contributed by atoms with Crippen LogP contribution in [-0.4, -0.2) is 12.6 Å². The van der Waals surface area contributed by atoms with E-state index in [2.05, 4.69) is 0 Å². The Bertz CT molecular complexity index is 857. The van der Waals surface area contributed by atoms with Gasteiger partial charge in [0, 0.05) is 11.5 Å². The van der Waals surface area contributed by atoms with E-state index in [-0.39, 0.29) is 18.1 Å². The summed E-state index contributed by atoms with van der Waals surface area (Å²) < 4.78 is 58.4. The fourth-order valence-corrected chi connectivity index (χ4v) is 4.03. The zero-order valence-electron chi connectivity index (χ0n) is 15.2. The monoisotopic (exact) mass is 380 g/mol. The molecule has 0 bridgehead atoms. The van der Waals surface area contributed by atoms with Gasteiger partial charge in [-0.3, -0.25) is 4.79 Å². The summed E-state index contributed by atoms with van der Waals surface area (Å²) in [5.41, 5.74) is -0.488. The zero-order chi connectivity index (χ0) is 20.0. The maximum absolute atomic E-state index is 14.7. The third-order valence-electron chi connectivity index (χ3n) is 5.38. The van der Waals surface area contributed by atoms with E-state index in [9.17, 15) is 22.4 Å². The van der Waals surface area contributed by atoms with E-state index in [1.807, 2.05) is 0 Å². The second kappa shape index (κ2) is 6.66. The first-order valence-electron chi connectivity index (χ1n) is 8.75. The van der Waals surface area contributed by atoms with Gasteiger partial charge in [-0.1, -0.05) is 31.2 Å². The third kappa shape index (κ3) is 3.11. The molecule has 1 aliphatic carbocycles. The van der Waals surface area contributed by atoms with Crippen molar-refractivity contribution in [1.29, 1.82) is 0 Å². The minimum absolute atomic E-state index is 0.139. The van der Waals surface area contributed by atoms with Gasteiger partial charge in [-0.15, -0.1) is 0 Å². The molecule has 0 amide bonds. The fraction of sp³-hybridized carbons (Fsp3) is 0.381. The Morgan fingerprint density at radius 3 is 2.30 bits per heavy atom. The highest BCUT2D eigenvalue weighted by molar-refractivity contribution is 5.90. The van der Waals surface area contributed by atoms with Gasteiger partial charge in [-0.25, -0.2) is 4.39 Å². The molecule has 0 saturated heterocycles. The molecule has 2 nitrogen and oxygen atoms in total. The molecule has 0 heterocycles. The van der Waals surface area contributed by atoms with Gasteiger partial charge in [0.1, 0.15) is 11.2 Å². The quantitative estimate of drug-likeness (QED) is 0.525. The lowest BCUT2D eigenvalue weighted by atomic mass is 9.88. The van der Waals surface area contributed by atoms with Crippen LogP contribution >= 0.6 is 0 Å². The molecule has 144 valence electrons. The van der Waals surface area contributed by atoms with E-state index in [1.54, 1.807) is 32.9 Å². The smallest absolute Gasteiger partial charge is 0.416 e. The minimum Gasteiger partial charge on any atom is -0.465 e. The van der Waals surface area contributed by atoms with Crippen LogP contribution < -0.4 is 0 Å². The summed E-state index contributed by atoms with van der Waals surface area (Å²) in [6.07, 6.45) is -4.44. The van der Waals surface area contributed by atoms with Crippen molar-refractivity contribution in [2.75, 3.05) is 6.61 Å². The van der Waals surface area contributed by atoms with Crippen LogP contribution in [0.4, 0.5) is 17.6 Å². The Labute approximate surface area is 155 Å². The Hall–Kier alpha value is -2.37. The molecule has 1 fully saturated rings. The van der Waals surface area contributed by atoms with Crippen LogP contribution in [0, 0.1) is 18.7 Å². The number of aryl methyl sites for hydroxylation is 1. The summed E-state index contributed by atoms with van der Waals surface area (Å²) in [6.45, 7) is 5.34. The van der Waals surface area contributed by atoms with Gasteiger partial charge in [0.05, 0.1) is 12.2 Å². The number of rotatable bonds is 4. The summed E-state index contributed by atoms with van der Waals surface area (Å²) in [5.74, 6) is -1.81. The molecule has 1 saturated carbocycles. The van der Waals surface area contributed by atoms with Crippen molar-refractivity contribution >= 4 is 5.97 Å². The number of hydrogen-bond acceptors (Lipinski definition) is 2. The van der Waals surface area contributed by atoms with Gasteiger partial charge in [-0.2, -0.15) is 13.2 Å². The van der Waals surface area contributed by atoms with Crippen molar-refractivity contribution < 1.29 is 27.1 Å². The van der Waals surface area contributed by atoms with Crippen LogP contribution in [0.15, 0.2) is 42.5 Å². The molecule has 0 aromatic heterocycles. The van der Waals surface area contributed by atoms with Crippen LogP contribution in [-0.2, 0) is 21.1 Å². The molecule has 0 spiro atoms. The van der Waals surface area contributed by atoms with Crippen molar-refractivity contribution in [3.8, 4) is 0 Å². The van der Waals surface area contributed by atoms with E-state index >= 15 is 0 Å². The Morgan fingerprint density at radius 1 is 1.15 bits per heavy atom. The highest BCUT2D eigenvalue weighted by atomic mass is 19.4. The summed E-state index contributed by atoms with van der Waals surface area (Å²) in [7, 11) is 0. The van der Waals surface area contributed by atoms with E-state index in [0.29, 0.717) is 5.56 Å². The summed E-state index contributed by atoms with van der Waals surface area (Å²) >= 11 is 0. The van der Waals surface area contributed by atoms with Crippen molar-refractivity contribution in [3.63, 3.8) is 0 Å². The number of hydrogen-bond donors (Lipinski definition) is 0. The number of carbonyl (C=O) groups excluding carboxylic acids is 1. The van der Waals surface area contributed by atoms with Crippen LogP contribution in [0.25, 0.3) is 0 Å². The SMILES string of the molecule is CCOC(=O)C1(c2ccc(C)cc2F)C(C)C1c1ccc(C(F)(F)F)cc1. The largest absolute Gasteiger partial charge is 0.465 e. The number of esters is 1. The standard InChI is InChI=1S/C21H20F4O2/c1-4-27-19(26)20(16-10-5-12(2)11-17(16)22)13(3)18(20)14-6-8-15(9-7-14)21(23,24)25/h5-11,13,18H,4H2,1-3H3. The molecular formula is C21H20F4O2. The molecule has 3 atom stereocenters. The van der Waals surface area contributed by atoms with Gasteiger partial charge in [0.2, 0.25) is 0 Å². The molecular weight excluding hydrogens is 360 g/mol. The van der Waals surface area contributed by atoms with E-state index in [0.717, 1.165) is 17.7 Å². The molecule has 0 radical (unpaired) electrons. The Balaban J connectivity index is 2.06. The molecule has 1 aliphatic rings. The summed E-state index contributed by atoms with van der Waals surface area (Å²) in [5, 5.41) is 0. The third-order valence-corrected chi connectivity index (χ3v) is 5.38. The molecule has 6 heteroatoms. The van der Waals surface area contributed by atoms with Crippen LogP contribution in [0.1, 0.15) is 42.0 Å². The fourth-order valence-electron chi connectivity index (χ4n) is 4.03. The number of alkyl halides is 3. The highest BCUT2D eigenvalue weighted by Crippen LogP contribution is 2.66. The first-order chi connectivity index (χ1) is 12.6. The summed E-state index contributed by atoms with van der Waals surface area (Å²) in [4.78, 5) is 12.8. The first-order valence-corrected chi connectivity index (χ1v) is 8.75. The van der Waals surface area contributed by atoms with Gasteiger partial charge in [0.25, 0.3) is 0 Å². The molecule has 0 N–H and O–H groups in total. The highest BCUT2D eigenvalue weighted by Gasteiger charge is 2.70.